The zero-order valence-electron chi connectivity index (χ0n) is 8.75. The number of hydrogen-bond donors (Lipinski definition) is 1. The summed E-state index contributed by atoms with van der Waals surface area (Å²) in [5, 5.41) is 8.76. The van der Waals surface area contributed by atoms with E-state index in [2.05, 4.69) is 0 Å². The highest BCUT2D eigenvalue weighted by atomic mass is 19.4. The summed E-state index contributed by atoms with van der Waals surface area (Å²) in [6, 6.07) is 2.60. The Labute approximate surface area is 94.3 Å². The minimum atomic E-state index is -4.46. The van der Waals surface area contributed by atoms with E-state index in [1.54, 1.807) is 0 Å². The van der Waals surface area contributed by atoms with E-state index in [9.17, 15) is 22.4 Å². The predicted octanol–water partition coefficient (Wildman–Crippen LogP) is 2.52. The molecule has 0 aliphatic rings. The Morgan fingerprint density at radius 1 is 1.41 bits per heavy atom. The van der Waals surface area contributed by atoms with Crippen molar-refractivity contribution in [1.29, 1.82) is 0 Å². The van der Waals surface area contributed by atoms with Gasteiger partial charge in [-0.25, -0.2) is 9.18 Å². The van der Waals surface area contributed by atoms with E-state index >= 15 is 0 Å². The molecular formula is C10H9F4NO2. The highest BCUT2D eigenvalue weighted by Gasteiger charge is 2.30. The summed E-state index contributed by atoms with van der Waals surface area (Å²) in [7, 11) is 1.09. The molecule has 94 valence electrons. The Morgan fingerprint density at radius 2 is 2.00 bits per heavy atom. The van der Waals surface area contributed by atoms with Crippen LogP contribution in [0.15, 0.2) is 18.2 Å². The minimum Gasteiger partial charge on any atom is -0.478 e. The van der Waals surface area contributed by atoms with Gasteiger partial charge >= 0.3 is 12.1 Å². The first-order valence-corrected chi connectivity index (χ1v) is 4.51. The van der Waals surface area contributed by atoms with E-state index in [4.69, 9.17) is 5.11 Å². The predicted molar refractivity (Wildman–Crippen MR) is 52.7 cm³/mol. The van der Waals surface area contributed by atoms with Crippen LogP contribution in [0.25, 0.3) is 0 Å². The molecule has 0 spiro atoms. The molecule has 1 aromatic rings. The molecule has 1 aromatic carbocycles. The Hall–Kier alpha value is -1.79. The van der Waals surface area contributed by atoms with Gasteiger partial charge in [0.15, 0.2) is 0 Å². The van der Waals surface area contributed by atoms with Crippen LogP contribution < -0.4 is 4.90 Å². The van der Waals surface area contributed by atoms with E-state index < -0.39 is 30.1 Å². The number of nitrogens with zero attached hydrogens (tertiary/aromatic N) is 1. The quantitative estimate of drug-likeness (QED) is 0.839. The summed E-state index contributed by atoms with van der Waals surface area (Å²) >= 11 is 0. The molecule has 1 rings (SSSR count). The van der Waals surface area contributed by atoms with E-state index in [-0.39, 0.29) is 5.69 Å². The fourth-order valence-electron chi connectivity index (χ4n) is 1.37. The zero-order chi connectivity index (χ0) is 13.2. The number of anilines is 1. The van der Waals surface area contributed by atoms with Crippen molar-refractivity contribution < 1.29 is 27.5 Å². The number of benzene rings is 1. The SMILES string of the molecule is CN(CC(F)(F)F)c1ccc(F)cc1C(=O)O. The maximum absolute atomic E-state index is 12.8. The van der Waals surface area contributed by atoms with Crippen LogP contribution in [0.4, 0.5) is 23.2 Å². The number of hydrogen-bond acceptors (Lipinski definition) is 2. The molecule has 0 saturated heterocycles. The molecule has 0 atom stereocenters. The molecule has 0 aliphatic carbocycles. The number of carboxylic acids is 1. The Morgan fingerprint density at radius 3 is 2.47 bits per heavy atom. The molecular weight excluding hydrogens is 242 g/mol. The third kappa shape index (κ3) is 3.61. The van der Waals surface area contributed by atoms with Gasteiger partial charge in [0.2, 0.25) is 0 Å². The minimum absolute atomic E-state index is 0.184. The third-order valence-electron chi connectivity index (χ3n) is 2.02. The lowest BCUT2D eigenvalue weighted by atomic mass is 10.1. The van der Waals surface area contributed by atoms with Crippen LogP contribution >= 0.6 is 0 Å². The largest absolute Gasteiger partial charge is 0.478 e. The summed E-state index contributed by atoms with van der Waals surface area (Å²) in [6.07, 6.45) is -4.46. The monoisotopic (exact) mass is 251 g/mol. The van der Waals surface area contributed by atoms with Crippen LogP contribution in [-0.4, -0.2) is 30.8 Å². The molecule has 0 unspecified atom stereocenters. The first kappa shape index (κ1) is 13.3. The summed E-state index contributed by atoms with van der Waals surface area (Å²) in [5.41, 5.74) is -0.687. The summed E-state index contributed by atoms with van der Waals surface area (Å²) in [5.74, 6) is -2.29. The van der Waals surface area contributed by atoms with Crippen molar-refractivity contribution in [3.8, 4) is 0 Å². The second-order valence-electron chi connectivity index (χ2n) is 3.44. The molecule has 0 fully saturated rings. The van der Waals surface area contributed by atoms with Gasteiger partial charge in [0.1, 0.15) is 12.4 Å². The lowest BCUT2D eigenvalue weighted by Gasteiger charge is -2.22. The molecule has 17 heavy (non-hydrogen) atoms. The van der Waals surface area contributed by atoms with Gasteiger partial charge in [0.05, 0.1) is 11.3 Å². The fraction of sp³-hybridized carbons (Fsp3) is 0.300. The first-order chi connectivity index (χ1) is 7.70. The van der Waals surface area contributed by atoms with Gasteiger partial charge in [-0.3, -0.25) is 0 Å². The summed E-state index contributed by atoms with van der Waals surface area (Å²) < 4.78 is 49.2. The second-order valence-corrected chi connectivity index (χ2v) is 3.44. The van der Waals surface area contributed by atoms with Crippen LogP contribution in [-0.2, 0) is 0 Å². The maximum atomic E-state index is 12.8. The average molecular weight is 251 g/mol. The number of aromatic carboxylic acids is 1. The standard InChI is InChI=1S/C10H9F4NO2/c1-15(5-10(12,13)14)8-3-2-6(11)4-7(8)9(16)17/h2-4H,5H2,1H3,(H,16,17). The van der Waals surface area contributed by atoms with E-state index in [1.165, 1.54) is 0 Å². The number of alkyl halides is 3. The molecule has 0 heterocycles. The third-order valence-corrected chi connectivity index (χ3v) is 2.02. The van der Waals surface area contributed by atoms with Gasteiger partial charge in [-0.1, -0.05) is 0 Å². The molecule has 3 nitrogen and oxygen atoms in total. The van der Waals surface area contributed by atoms with E-state index in [0.717, 1.165) is 19.2 Å². The van der Waals surface area contributed by atoms with Crippen LogP contribution in [0, 0.1) is 5.82 Å². The van der Waals surface area contributed by atoms with Crippen molar-refractivity contribution in [2.45, 2.75) is 6.18 Å². The molecule has 0 bridgehead atoms. The lowest BCUT2D eigenvalue weighted by Crippen LogP contribution is -2.31. The van der Waals surface area contributed by atoms with Crippen LogP contribution in [0.3, 0.4) is 0 Å². The van der Waals surface area contributed by atoms with E-state index in [0.29, 0.717) is 11.0 Å². The van der Waals surface area contributed by atoms with Crippen LogP contribution in [0.1, 0.15) is 10.4 Å². The Bertz CT molecular complexity index is 431. The first-order valence-electron chi connectivity index (χ1n) is 4.51. The highest BCUT2D eigenvalue weighted by molar-refractivity contribution is 5.94. The van der Waals surface area contributed by atoms with Crippen LogP contribution in [0.2, 0.25) is 0 Å². The van der Waals surface area contributed by atoms with Gasteiger partial charge in [-0.15, -0.1) is 0 Å². The zero-order valence-corrected chi connectivity index (χ0v) is 8.75. The molecule has 0 amide bonds. The summed E-state index contributed by atoms with van der Waals surface area (Å²) in [6.45, 7) is -1.31. The number of halogens is 4. The smallest absolute Gasteiger partial charge is 0.405 e. The fourth-order valence-corrected chi connectivity index (χ4v) is 1.37. The molecule has 1 N–H and O–H groups in total. The van der Waals surface area contributed by atoms with Gasteiger partial charge in [-0.05, 0) is 18.2 Å². The van der Waals surface area contributed by atoms with Crippen LogP contribution in [0.5, 0.6) is 0 Å². The number of carbonyl (C=O) groups is 1. The average Bonchev–Trinajstić information content (AvgIpc) is 2.14. The van der Waals surface area contributed by atoms with Crippen molar-refractivity contribution in [2.24, 2.45) is 0 Å². The molecule has 0 radical (unpaired) electrons. The normalized spacial score (nSPS) is 11.4. The second kappa shape index (κ2) is 4.60. The van der Waals surface area contributed by atoms with Gasteiger partial charge in [-0.2, -0.15) is 13.2 Å². The molecule has 7 heteroatoms. The maximum Gasteiger partial charge on any atom is 0.405 e. The Kier molecular flexibility index (Phi) is 3.59. The van der Waals surface area contributed by atoms with Gasteiger partial charge < -0.3 is 10.0 Å². The lowest BCUT2D eigenvalue weighted by molar-refractivity contribution is -0.119. The molecule has 0 aromatic heterocycles. The topological polar surface area (TPSA) is 40.5 Å². The van der Waals surface area contributed by atoms with Crippen molar-refractivity contribution in [2.75, 3.05) is 18.5 Å². The van der Waals surface area contributed by atoms with Crippen molar-refractivity contribution in [3.63, 3.8) is 0 Å². The number of carboxylic acid groups (broad SMARTS) is 1. The van der Waals surface area contributed by atoms with Crippen molar-refractivity contribution >= 4 is 11.7 Å². The summed E-state index contributed by atoms with van der Waals surface area (Å²) in [4.78, 5) is 11.5. The van der Waals surface area contributed by atoms with Crippen molar-refractivity contribution in [3.05, 3.63) is 29.6 Å². The van der Waals surface area contributed by atoms with E-state index in [1.807, 2.05) is 0 Å². The van der Waals surface area contributed by atoms with Gasteiger partial charge in [0.25, 0.3) is 0 Å². The van der Waals surface area contributed by atoms with Gasteiger partial charge in [0, 0.05) is 7.05 Å². The Balaban J connectivity index is 3.09. The highest BCUT2D eigenvalue weighted by Crippen LogP contribution is 2.24. The molecule has 0 saturated carbocycles. The number of rotatable bonds is 3. The molecule has 0 aliphatic heterocycles. The van der Waals surface area contributed by atoms with Crippen molar-refractivity contribution in [1.82, 2.24) is 0 Å².